The van der Waals surface area contributed by atoms with Crippen LogP contribution in [0, 0.1) is 5.92 Å². The highest BCUT2D eigenvalue weighted by Gasteiger charge is 2.16. The van der Waals surface area contributed by atoms with Crippen LogP contribution in [0.1, 0.15) is 20.3 Å². The van der Waals surface area contributed by atoms with E-state index in [-0.39, 0.29) is 11.8 Å². The Kier molecular flexibility index (Phi) is 6.49. The largest absolute Gasteiger partial charge is 0.359 e. The number of hydrogen-bond donors (Lipinski definition) is 2. The smallest absolute Gasteiger partial charge is 0.223 e. The molecular weight excluding hydrogens is 178 g/mol. The SMILES string of the molecule is CNC(=O)C(C)CN(C)C(C)CCN. The quantitative estimate of drug-likeness (QED) is 0.638. The Morgan fingerprint density at radius 1 is 1.50 bits per heavy atom. The Morgan fingerprint density at radius 3 is 2.50 bits per heavy atom. The van der Waals surface area contributed by atoms with E-state index in [0.29, 0.717) is 12.6 Å². The molecule has 0 radical (unpaired) electrons. The molecule has 0 aromatic carbocycles. The van der Waals surface area contributed by atoms with Crippen LogP contribution in [-0.2, 0) is 4.79 Å². The summed E-state index contributed by atoms with van der Waals surface area (Å²) < 4.78 is 0. The number of amides is 1. The van der Waals surface area contributed by atoms with E-state index in [4.69, 9.17) is 5.73 Å². The van der Waals surface area contributed by atoms with Gasteiger partial charge in [0, 0.05) is 25.6 Å². The predicted molar refractivity (Wildman–Crippen MR) is 59.0 cm³/mol. The van der Waals surface area contributed by atoms with Crippen molar-refractivity contribution in [1.29, 1.82) is 0 Å². The molecule has 0 spiro atoms. The second-order valence-electron chi connectivity index (χ2n) is 3.88. The maximum Gasteiger partial charge on any atom is 0.223 e. The lowest BCUT2D eigenvalue weighted by molar-refractivity contribution is -0.124. The predicted octanol–water partition coefficient (Wildman–Crippen LogP) is 0.0376. The summed E-state index contributed by atoms with van der Waals surface area (Å²) in [6.07, 6.45) is 0.969. The van der Waals surface area contributed by atoms with Crippen molar-refractivity contribution in [3.05, 3.63) is 0 Å². The van der Waals surface area contributed by atoms with Crippen LogP contribution < -0.4 is 11.1 Å². The number of carbonyl (C=O) groups excluding carboxylic acids is 1. The second kappa shape index (κ2) is 6.79. The topological polar surface area (TPSA) is 58.4 Å². The molecule has 0 saturated carbocycles. The zero-order valence-electron chi connectivity index (χ0n) is 9.71. The first-order valence-electron chi connectivity index (χ1n) is 5.14. The van der Waals surface area contributed by atoms with Crippen molar-refractivity contribution in [2.24, 2.45) is 11.7 Å². The molecule has 0 aliphatic carbocycles. The van der Waals surface area contributed by atoms with Gasteiger partial charge in [-0.15, -0.1) is 0 Å². The lowest BCUT2D eigenvalue weighted by Gasteiger charge is -2.26. The summed E-state index contributed by atoms with van der Waals surface area (Å²) in [5.41, 5.74) is 5.48. The standard InChI is InChI=1S/C10H23N3O/c1-8(10(14)12-3)7-13(4)9(2)5-6-11/h8-9H,5-7,11H2,1-4H3,(H,12,14). The van der Waals surface area contributed by atoms with Crippen LogP contribution >= 0.6 is 0 Å². The molecule has 0 heterocycles. The molecule has 0 aromatic heterocycles. The van der Waals surface area contributed by atoms with Gasteiger partial charge in [-0.2, -0.15) is 0 Å². The van der Waals surface area contributed by atoms with Crippen molar-refractivity contribution in [2.45, 2.75) is 26.3 Å². The monoisotopic (exact) mass is 201 g/mol. The van der Waals surface area contributed by atoms with Gasteiger partial charge >= 0.3 is 0 Å². The molecule has 0 bridgehead atoms. The van der Waals surface area contributed by atoms with Crippen LogP contribution in [0.25, 0.3) is 0 Å². The van der Waals surface area contributed by atoms with Gasteiger partial charge in [0.05, 0.1) is 0 Å². The van der Waals surface area contributed by atoms with Crippen molar-refractivity contribution < 1.29 is 4.79 Å². The van der Waals surface area contributed by atoms with Crippen LogP contribution in [0.3, 0.4) is 0 Å². The van der Waals surface area contributed by atoms with Gasteiger partial charge in [0.15, 0.2) is 0 Å². The van der Waals surface area contributed by atoms with E-state index in [1.165, 1.54) is 0 Å². The normalized spacial score (nSPS) is 15.3. The van der Waals surface area contributed by atoms with Crippen LogP contribution in [0.4, 0.5) is 0 Å². The Hall–Kier alpha value is -0.610. The second-order valence-corrected chi connectivity index (χ2v) is 3.88. The molecule has 2 atom stereocenters. The number of carbonyl (C=O) groups is 1. The molecule has 14 heavy (non-hydrogen) atoms. The molecule has 0 rings (SSSR count). The number of nitrogens with zero attached hydrogens (tertiary/aromatic N) is 1. The summed E-state index contributed by atoms with van der Waals surface area (Å²) >= 11 is 0. The minimum Gasteiger partial charge on any atom is -0.359 e. The molecule has 3 N–H and O–H groups in total. The molecule has 84 valence electrons. The van der Waals surface area contributed by atoms with Crippen molar-refractivity contribution in [2.75, 3.05) is 27.2 Å². The molecule has 0 fully saturated rings. The first-order valence-corrected chi connectivity index (χ1v) is 5.14. The van der Waals surface area contributed by atoms with E-state index in [1.54, 1.807) is 7.05 Å². The highest BCUT2D eigenvalue weighted by atomic mass is 16.1. The Morgan fingerprint density at radius 2 is 2.07 bits per heavy atom. The minimum atomic E-state index is 0.0326. The van der Waals surface area contributed by atoms with Crippen LogP contribution in [0.15, 0.2) is 0 Å². The summed E-state index contributed by atoms with van der Waals surface area (Å²) in [5.74, 6) is 0.127. The molecular formula is C10H23N3O. The Bertz CT molecular complexity index is 173. The lowest BCUT2D eigenvalue weighted by atomic mass is 10.1. The average Bonchev–Trinajstić information content (AvgIpc) is 2.16. The first-order chi connectivity index (χ1) is 6.52. The summed E-state index contributed by atoms with van der Waals surface area (Å²) in [5, 5.41) is 2.65. The molecule has 0 aromatic rings. The highest BCUT2D eigenvalue weighted by molar-refractivity contribution is 5.78. The fourth-order valence-electron chi connectivity index (χ4n) is 1.40. The molecule has 0 aliphatic heterocycles. The van der Waals surface area contributed by atoms with Gasteiger partial charge in [-0.3, -0.25) is 4.79 Å². The highest BCUT2D eigenvalue weighted by Crippen LogP contribution is 2.04. The fraction of sp³-hybridized carbons (Fsp3) is 0.900. The van der Waals surface area contributed by atoms with Crippen molar-refractivity contribution in [1.82, 2.24) is 10.2 Å². The van der Waals surface area contributed by atoms with Crippen molar-refractivity contribution >= 4 is 5.91 Å². The number of rotatable bonds is 6. The van der Waals surface area contributed by atoms with E-state index in [2.05, 4.69) is 17.1 Å². The third kappa shape index (κ3) is 4.58. The van der Waals surface area contributed by atoms with Crippen LogP contribution in [0.5, 0.6) is 0 Å². The van der Waals surface area contributed by atoms with Gasteiger partial charge < -0.3 is 16.0 Å². The van der Waals surface area contributed by atoms with Crippen molar-refractivity contribution in [3.8, 4) is 0 Å². The number of hydrogen-bond acceptors (Lipinski definition) is 3. The van der Waals surface area contributed by atoms with Gasteiger partial charge in [-0.05, 0) is 26.9 Å². The average molecular weight is 201 g/mol. The number of nitrogens with one attached hydrogen (secondary N) is 1. The fourth-order valence-corrected chi connectivity index (χ4v) is 1.40. The third-order valence-electron chi connectivity index (χ3n) is 2.59. The van der Waals surface area contributed by atoms with Crippen molar-refractivity contribution in [3.63, 3.8) is 0 Å². The Balaban J connectivity index is 3.91. The maximum atomic E-state index is 11.3. The zero-order chi connectivity index (χ0) is 11.1. The van der Waals surface area contributed by atoms with Gasteiger partial charge in [0.25, 0.3) is 0 Å². The van der Waals surface area contributed by atoms with Crippen LogP contribution in [0.2, 0.25) is 0 Å². The summed E-state index contributed by atoms with van der Waals surface area (Å²) in [4.78, 5) is 13.4. The molecule has 0 aliphatic rings. The van der Waals surface area contributed by atoms with E-state index in [0.717, 1.165) is 13.0 Å². The summed E-state index contributed by atoms with van der Waals surface area (Å²) in [7, 11) is 3.70. The first kappa shape index (κ1) is 13.4. The maximum absolute atomic E-state index is 11.3. The van der Waals surface area contributed by atoms with Gasteiger partial charge in [-0.25, -0.2) is 0 Å². The van der Waals surface area contributed by atoms with E-state index in [9.17, 15) is 4.79 Å². The Labute approximate surface area is 86.8 Å². The van der Waals surface area contributed by atoms with Gasteiger partial charge in [0.1, 0.15) is 0 Å². The van der Waals surface area contributed by atoms with Gasteiger partial charge in [0.2, 0.25) is 5.91 Å². The summed E-state index contributed by atoms with van der Waals surface area (Å²) in [6.45, 7) is 5.54. The zero-order valence-corrected chi connectivity index (χ0v) is 9.71. The third-order valence-corrected chi connectivity index (χ3v) is 2.59. The van der Waals surface area contributed by atoms with Crippen LogP contribution in [-0.4, -0.2) is 44.0 Å². The summed E-state index contributed by atoms with van der Waals surface area (Å²) in [6, 6.07) is 0.437. The minimum absolute atomic E-state index is 0.0326. The molecule has 4 heteroatoms. The van der Waals surface area contributed by atoms with E-state index in [1.807, 2.05) is 14.0 Å². The number of nitrogens with two attached hydrogens (primary N) is 1. The van der Waals surface area contributed by atoms with Gasteiger partial charge in [-0.1, -0.05) is 6.92 Å². The molecule has 4 nitrogen and oxygen atoms in total. The molecule has 1 amide bonds. The van der Waals surface area contributed by atoms with E-state index >= 15 is 0 Å². The molecule has 2 unspecified atom stereocenters. The lowest BCUT2D eigenvalue weighted by Crippen LogP contribution is -2.39. The van der Waals surface area contributed by atoms with E-state index < -0.39 is 0 Å². The molecule has 0 saturated heterocycles.